The van der Waals surface area contributed by atoms with Crippen molar-refractivity contribution in [3.63, 3.8) is 0 Å². The molecule has 0 radical (unpaired) electrons. The van der Waals surface area contributed by atoms with Gasteiger partial charge in [-0.25, -0.2) is 4.99 Å². The third-order valence-electron chi connectivity index (χ3n) is 3.74. The lowest BCUT2D eigenvalue weighted by Gasteiger charge is -2.16. The van der Waals surface area contributed by atoms with Crippen molar-refractivity contribution >= 4 is 17.3 Å². The first kappa shape index (κ1) is 19.3. The predicted octanol–water partition coefficient (Wildman–Crippen LogP) is 3.11. The maximum absolute atomic E-state index is 10.4. The van der Waals surface area contributed by atoms with Gasteiger partial charge in [0.15, 0.2) is 5.96 Å². The number of thiophene rings is 1. The van der Waals surface area contributed by atoms with E-state index in [2.05, 4.69) is 34.7 Å². The summed E-state index contributed by atoms with van der Waals surface area (Å²) in [6, 6.07) is 11.7. The molecule has 0 bridgehead atoms. The highest BCUT2D eigenvalue weighted by Gasteiger charge is 2.09. The lowest BCUT2D eigenvalue weighted by Crippen LogP contribution is -2.39. The molecular weight excluding hydrogens is 334 g/mol. The Morgan fingerprint density at radius 3 is 2.68 bits per heavy atom. The van der Waals surface area contributed by atoms with Gasteiger partial charge in [0.25, 0.3) is 0 Å². The standard InChI is InChI=1S/C19H27N3O2S/c1-4-16-9-10-17(25-16)12-21-19(20-5-2)22-13-18(23)14-7-6-8-15(11-14)24-3/h6-11,18,23H,4-5,12-13H2,1-3H3,(H2,20,21,22). The van der Waals surface area contributed by atoms with E-state index >= 15 is 0 Å². The van der Waals surface area contributed by atoms with Crippen molar-refractivity contribution in [3.05, 3.63) is 51.7 Å². The number of aliphatic hydroxyl groups excluding tert-OH is 1. The van der Waals surface area contributed by atoms with Crippen molar-refractivity contribution < 1.29 is 9.84 Å². The number of nitrogens with one attached hydrogen (secondary N) is 2. The maximum Gasteiger partial charge on any atom is 0.191 e. The second kappa shape index (κ2) is 10.1. The number of hydrogen-bond acceptors (Lipinski definition) is 4. The van der Waals surface area contributed by atoms with E-state index in [0.717, 1.165) is 24.3 Å². The molecule has 0 spiro atoms. The molecule has 0 aliphatic heterocycles. The highest BCUT2D eigenvalue weighted by atomic mass is 32.1. The van der Waals surface area contributed by atoms with E-state index in [1.807, 2.05) is 31.2 Å². The van der Waals surface area contributed by atoms with Crippen LogP contribution in [-0.2, 0) is 13.0 Å². The number of guanidine groups is 1. The molecule has 1 unspecified atom stereocenters. The Bertz CT molecular complexity index is 685. The van der Waals surface area contributed by atoms with Crippen molar-refractivity contribution in [3.8, 4) is 5.75 Å². The van der Waals surface area contributed by atoms with E-state index < -0.39 is 6.10 Å². The molecule has 1 atom stereocenters. The molecule has 0 aliphatic rings. The summed E-state index contributed by atoms with van der Waals surface area (Å²) in [5.41, 5.74) is 0.813. The second-order valence-electron chi connectivity index (χ2n) is 5.59. The van der Waals surface area contributed by atoms with Crippen LogP contribution in [0.15, 0.2) is 41.4 Å². The third kappa shape index (κ3) is 6.07. The van der Waals surface area contributed by atoms with E-state index in [1.54, 1.807) is 18.4 Å². The Balaban J connectivity index is 1.94. The molecule has 6 heteroatoms. The monoisotopic (exact) mass is 361 g/mol. The molecule has 1 heterocycles. The molecule has 0 amide bonds. The van der Waals surface area contributed by atoms with Crippen molar-refractivity contribution in [2.24, 2.45) is 4.99 Å². The SMILES string of the molecule is CCNC(=NCc1ccc(CC)s1)NCC(O)c1cccc(OC)c1. The smallest absolute Gasteiger partial charge is 0.191 e. The third-order valence-corrected chi connectivity index (χ3v) is 4.96. The summed E-state index contributed by atoms with van der Waals surface area (Å²) in [6.07, 6.45) is 0.423. The number of rotatable bonds is 8. The van der Waals surface area contributed by atoms with E-state index in [1.165, 1.54) is 9.75 Å². The van der Waals surface area contributed by atoms with Crippen molar-refractivity contribution in [1.82, 2.24) is 10.6 Å². The molecule has 3 N–H and O–H groups in total. The van der Waals surface area contributed by atoms with Crippen LogP contribution in [-0.4, -0.2) is 31.3 Å². The van der Waals surface area contributed by atoms with E-state index in [4.69, 9.17) is 4.74 Å². The topological polar surface area (TPSA) is 65.9 Å². The molecular formula is C19H27N3O2S. The van der Waals surface area contributed by atoms with E-state index in [-0.39, 0.29) is 0 Å². The summed E-state index contributed by atoms with van der Waals surface area (Å²) in [5, 5.41) is 16.8. The molecule has 0 saturated carbocycles. The van der Waals surface area contributed by atoms with Crippen molar-refractivity contribution in [1.29, 1.82) is 0 Å². The zero-order valence-corrected chi connectivity index (χ0v) is 15.9. The Morgan fingerprint density at radius 2 is 2.00 bits per heavy atom. The normalized spacial score (nSPS) is 12.7. The summed E-state index contributed by atoms with van der Waals surface area (Å²) in [6.45, 7) is 5.96. The van der Waals surface area contributed by atoms with Crippen LogP contribution >= 0.6 is 11.3 Å². The van der Waals surface area contributed by atoms with Gasteiger partial charge in [-0.1, -0.05) is 19.1 Å². The maximum atomic E-state index is 10.4. The number of nitrogens with zero attached hydrogens (tertiary/aromatic N) is 1. The quantitative estimate of drug-likeness (QED) is 0.499. The van der Waals surface area contributed by atoms with Gasteiger partial charge in [0.1, 0.15) is 5.75 Å². The van der Waals surface area contributed by atoms with Gasteiger partial charge in [-0.05, 0) is 43.2 Å². The number of aryl methyl sites for hydroxylation is 1. The minimum atomic E-state index is -0.632. The first-order valence-electron chi connectivity index (χ1n) is 8.58. The summed E-state index contributed by atoms with van der Waals surface area (Å²) < 4.78 is 5.20. The van der Waals surface area contributed by atoms with Crippen LogP contribution in [0.25, 0.3) is 0 Å². The van der Waals surface area contributed by atoms with Crippen molar-refractivity contribution in [2.75, 3.05) is 20.2 Å². The molecule has 0 aliphatic carbocycles. The van der Waals surface area contributed by atoms with E-state index in [9.17, 15) is 5.11 Å². The lowest BCUT2D eigenvalue weighted by molar-refractivity contribution is 0.180. The van der Waals surface area contributed by atoms with Gasteiger partial charge in [0.2, 0.25) is 0 Å². The Hall–Kier alpha value is -2.05. The van der Waals surface area contributed by atoms with Gasteiger partial charge >= 0.3 is 0 Å². The molecule has 0 saturated heterocycles. The number of hydrogen-bond donors (Lipinski definition) is 3. The molecule has 1 aromatic heterocycles. The fourth-order valence-electron chi connectivity index (χ4n) is 2.36. The number of aliphatic hydroxyl groups is 1. The lowest BCUT2D eigenvalue weighted by atomic mass is 10.1. The summed E-state index contributed by atoms with van der Waals surface area (Å²) >= 11 is 1.79. The Morgan fingerprint density at radius 1 is 1.20 bits per heavy atom. The zero-order valence-electron chi connectivity index (χ0n) is 15.1. The summed E-state index contributed by atoms with van der Waals surface area (Å²) in [7, 11) is 1.62. The number of methoxy groups -OCH3 is 1. The van der Waals surface area contributed by atoms with Gasteiger partial charge in [-0.2, -0.15) is 0 Å². The molecule has 136 valence electrons. The van der Waals surface area contributed by atoms with Gasteiger partial charge in [0.05, 0.1) is 19.8 Å². The average molecular weight is 362 g/mol. The molecule has 1 aromatic carbocycles. The highest BCUT2D eigenvalue weighted by Crippen LogP contribution is 2.19. The fraction of sp³-hybridized carbons (Fsp3) is 0.421. The minimum absolute atomic E-state index is 0.379. The Kier molecular flexibility index (Phi) is 7.76. The Labute approximate surface area is 153 Å². The first-order valence-corrected chi connectivity index (χ1v) is 9.39. The summed E-state index contributed by atoms with van der Waals surface area (Å²) in [4.78, 5) is 7.21. The number of benzene rings is 1. The van der Waals surface area contributed by atoms with Crippen LogP contribution < -0.4 is 15.4 Å². The highest BCUT2D eigenvalue weighted by molar-refractivity contribution is 7.11. The van der Waals surface area contributed by atoms with Crippen LogP contribution in [0.2, 0.25) is 0 Å². The van der Waals surface area contributed by atoms with Gasteiger partial charge in [-0.3, -0.25) is 0 Å². The van der Waals surface area contributed by atoms with Crippen LogP contribution in [0.4, 0.5) is 0 Å². The fourth-order valence-corrected chi connectivity index (χ4v) is 3.24. The zero-order chi connectivity index (χ0) is 18.1. The molecule has 2 rings (SSSR count). The van der Waals surface area contributed by atoms with Crippen molar-refractivity contribution in [2.45, 2.75) is 32.9 Å². The minimum Gasteiger partial charge on any atom is -0.497 e. The van der Waals surface area contributed by atoms with Crippen LogP contribution in [0.3, 0.4) is 0 Å². The first-order chi connectivity index (χ1) is 12.2. The van der Waals surface area contributed by atoms with Crippen LogP contribution in [0.1, 0.15) is 35.3 Å². The summed E-state index contributed by atoms with van der Waals surface area (Å²) in [5.74, 6) is 1.44. The number of ether oxygens (including phenoxy) is 1. The van der Waals surface area contributed by atoms with Gasteiger partial charge in [-0.15, -0.1) is 11.3 Å². The number of aliphatic imine (C=N–C) groups is 1. The van der Waals surface area contributed by atoms with Gasteiger partial charge in [0, 0.05) is 22.8 Å². The largest absolute Gasteiger partial charge is 0.497 e. The molecule has 25 heavy (non-hydrogen) atoms. The average Bonchev–Trinajstić information content (AvgIpc) is 3.12. The van der Waals surface area contributed by atoms with Gasteiger partial charge < -0.3 is 20.5 Å². The van der Waals surface area contributed by atoms with Crippen LogP contribution in [0, 0.1) is 0 Å². The molecule has 0 fully saturated rings. The predicted molar refractivity (Wildman–Crippen MR) is 104 cm³/mol. The molecule has 5 nitrogen and oxygen atoms in total. The molecule has 2 aromatic rings. The van der Waals surface area contributed by atoms with Crippen LogP contribution in [0.5, 0.6) is 5.75 Å². The van der Waals surface area contributed by atoms with E-state index in [0.29, 0.717) is 19.0 Å². The second-order valence-corrected chi connectivity index (χ2v) is 6.84.